The molecular formula is C18H34O4. The van der Waals surface area contributed by atoms with E-state index in [9.17, 15) is 9.59 Å². The van der Waals surface area contributed by atoms with Gasteiger partial charge in [-0.2, -0.15) is 0 Å². The van der Waals surface area contributed by atoms with Gasteiger partial charge in [-0.05, 0) is 45.4 Å². The zero-order chi connectivity index (χ0) is 17.9. The number of allylic oxidation sites excluding steroid dienone is 1. The molecule has 0 aliphatic rings. The number of esters is 1. The molecule has 0 saturated heterocycles. The quantitative estimate of drug-likeness (QED) is 0.547. The molecule has 4 heteroatoms. The number of aliphatic carboxylic acids is 1. The van der Waals surface area contributed by atoms with Gasteiger partial charge >= 0.3 is 11.9 Å². The van der Waals surface area contributed by atoms with Crippen LogP contribution in [0, 0.1) is 17.3 Å². The maximum atomic E-state index is 11.0. The third-order valence-electron chi connectivity index (χ3n) is 3.46. The van der Waals surface area contributed by atoms with Crippen LogP contribution in [0.2, 0.25) is 0 Å². The Labute approximate surface area is 135 Å². The predicted molar refractivity (Wildman–Crippen MR) is 90.7 cm³/mol. The summed E-state index contributed by atoms with van der Waals surface area (Å²) in [6.45, 7) is 16.0. The van der Waals surface area contributed by atoms with Gasteiger partial charge in [-0.3, -0.25) is 4.79 Å². The Morgan fingerprint density at radius 1 is 1.18 bits per heavy atom. The topological polar surface area (TPSA) is 63.6 Å². The lowest BCUT2D eigenvalue weighted by atomic mass is 9.80. The van der Waals surface area contributed by atoms with Crippen molar-refractivity contribution in [2.75, 3.05) is 6.61 Å². The monoisotopic (exact) mass is 314 g/mol. The summed E-state index contributed by atoms with van der Waals surface area (Å²) in [6, 6.07) is 0. The summed E-state index contributed by atoms with van der Waals surface area (Å²) in [5.74, 6) is -0.0189. The Morgan fingerprint density at radius 2 is 1.68 bits per heavy atom. The summed E-state index contributed by atoms with van der Waals surface area (Å²) >= 11 is 0. The van der Waals surface area contributed by atoms with Gasteiger partial charge in [0.1, 0.15) is 0 Å². The van der Waals surface area contributed by atoms with Crippen molar-refractivity contribution in [3.05, 3.63) is 11.6 Å². The molecule has 0 saturated carbocycles. The first-order valence-electron chi connectivity index (χ1n) is 8.03. The van der Waals surface area contributed by atoms with E-state index in [0.29, 0.717) is 30.4 Å². The van der Waals surface area contributed by atoms with Crippen molar-refractivity contribution in [3.63, 3.8) is 0 Å². The third kappa shape index (κ3) is 10.4. The second kappa shape index (κ2) is 11.3. The number of carboxylic acid groups (broad SMARTS) is 1. The molecule has 1 unspecified atom stereocenters. The highest BCUT2D eigenvalue weighted by atomic mass is 16.5. The maximum Gasteiger partial charge on any atom is 0.333 e. The van der Waals surface area contributed by atoms with E-state index in [0.717, 1.165) is 6.42 Å². The fourth-order valence-corrected chi connectivity index (χ4v) is 1.76. The molecule has 0 aromatic carbocycles. The average molecular weight is 314 g/mol. The maximum absolute atomic E-state index is 11.0. The van der Waals surface area contributed by atoms with Gasteiger partial charge in [-0.15, -0.1) is 0 Å². The Morgan fingerprint density at radius 3 is 1.91 bits per heavy atom. The fourth-order valence-electron chi connectivity index (χ4n) is 1.76. The van der Waals surface area contributed by atoms with E-state index in [2.05, 4.69) is 13.8 Å². The lowest BCUT2D eigenvalue weighted by molar-refractivity contribution is -0.149. The van der Waals surface area contributed by atoms with Gasteiger partial charge in [0, 0.05) is 5.57 Å². The van der Waals surface area contributed by atoms with Gasteiger partial charge in [-0.1, -0.05) is 40.7 Å². The van der Waals surface area contributed by atoms with Gasteiger partial charge < -0.3 is 9.84 Å². The minimum Gasteiger partial charge on any atom is -0.481 e. The molecule has 0 aliphatic carbocycles. The normalized spacial score (nSPS) is 14.2. The van der Waals surface area contributed by atoms with Crippen molar-refractivity contribution in [3.8, 4) is 0 Å². The van der Waals surface area contributed by atoms with Crippen molar-refractivity contribution in [2.24, 2.45) is 17.3 Å². The van der Waals surface area contributed by atoms with E-state index in [4.69, 9.17) is 9.84 Å². The number of carbonyl (C=O) groups excluding carboxylic acids is 1. The van der Waals surface area contributed by atoms with E-state index < -0.39 is 11.4 Å². The largest absolute Gasteiger partial charge is 0.481 e. The number of ether oxygens (including phenoxy) is 1. The van der Waals surface area contributed by atoms with Crippen molar-refractivity contribution in [1.82, 2.24) is 0 Å². The Balaban J connectivity index is 0. The summed E-state index contributed by atoms with van der Waals surface area (Å²) in [5, 5.41) is 8.88. The first kappa shape index (κ1) is 23.0. The van der Waals surface area contributed by atoms with Crippen LogP contribution in [0.4, 0.5) is 0 Å². The van der Waals surface area contributed by atoms with Crippen molar-refractivity contribution >= 4 is 11.9 Å². The molecule has 0 bridgehead atoms. The molecule has 4 nitrogen and oxygen atoms in total. The molecule has 0 heterocycles. The Kier molecular flexibility index (Phi) is 11.8. The molecular weight excluding hydrogens is 280 g/mol. The number of carbonyl (C=O) groups is 2. The first-order valence-corrected chi connectivity index (χ1v) is 8.03. The molecule has 0 aromatic heterocycles. The van der Waals surface area contributed by atoms with Crippen molar-refractivity contribution in [1.29, 1.82) is 0 Å². The highest BCUT2D eigenvalue weighted by molar-refractivity contribution is 5.87. The van der Waals surface area contributed by atoms with Crippen molar-refractivity contribution < 1.29 is 19.4 Å². The van der Waals surface area contributed by atoms with Gasteiger partial charge in [0.25, 0.3) is 0 Å². The molecule has 0 amide bonds. The highest BCUT2D eigenvalue weighted by Gasteiger charge is 2.31. The van der Waals surface area contributed by atoms with E-state index in [-0.39, 0.29) is 5.97 Å². The van der Waals surface area contributed by atoms with Gasteiger partial charge in [0.05, 0.1) is 12.0 Å². The van der Waals surface area contributed by atoms with E-state index in [1.54, 1.807) is 13.0 Å². The molecule has 22 heavy (non-hydrogen) atoms. The molecule has 130 valence electrons. The second-order valence-corrected chi connectivity index (χ2v) is 6.78. The lowest BCUT2D eigenvalue weighted by Crippen LogP contribution is -2.28. The third-order valence-corrected chi connectivity index (χ3v) is 3.46. The van der Waals surface area contributed by atoms with Crippen LogP contribution >= 0.6 is 0 Å². The smallest absolute Gasteiger partial charge is 0.333 e. The zero-order valence-corrected chi connectivity index (χ0v) is 15.5. The van der Waals surface area contributed by atoms with Crippen LogP contribution in [0.25, 0.3) is 0 Å². The standard InChI is InChI=1S/C9H18O2.C9H16O2/c1-5-9(4,8(10)11)6-7(2)3;1-5-8(4)9(10)11-6-7(2)3/h7H,5-6H2,1-4H3,(H,10,11);5,7H,6H2,1-4H3. The SMILES string of the molecule is CC=C(C)C(=O)OCC(C)C.CCC(C)(CC(C)C)C(=O)O. The van der Waals surface area contributed by atoms with Gasteiger partial charge in [0.2, 0.25) is 0 Å². The van der Waals surface area contributed by atoms with Crippen LogP contribution in [0.5, 0.6) is 0 Å². The van der Waals surface area contributed by atoms with Crippen LogP contribution in [-0.4, -0.2) is 23.7 Å². The molecule has 1 N–H and O–H groups in total. The summed E-state index contributed by atoms with van der Waals surface area (Å²) in [6.07, 6.45) is 3.22. The predicted octanol–water partition coefficient (Wildman–Crippen LogP) is 4.69. The zero-order valence-electron chi connectivity index (χ0n) is 15.5. The van der Waals surface area contributed by atoms with E-state index in [1.165, 1.54) is 0 Å². The van der Waals surface area contributed by atoms with E-state index >= 15 is 0 Å². The lowest BCUT2D eigenvalue weighted by Gasteiger charge is -2.24. The number of carboxylic acids is 1. The number of hydrogen-bond acceptors (Lipinski definition) is 3. The van der Waals surface area contributed by atoms with Gasteiger partial charge in [0.15, 0.2) is 0 Å². The van der Waals surface area contributed by atoms with Crippen LogP contribution in [0.1, 0.15) is 68.2 Å². The summed E-state index contributed by atoms with van der Waals surface area (Å²) in [4.78, 5) is 21.8. The van der Waals surface area contributed by atoms with Crippen LogP contribution in [0.3, 0.4) is 0 Å². The number of hydrogen-bond donors (Lipinski definition) is 1. The van der Waals surface area contributed by atoms with E-state index in [1.807, 2.05) is 34.6 Å². The van der Waals surface area contributed by atoms with Crippen LogP contribution in [0.15, 0.2) is 11.6 Å². The summed E-state index contributed by atoms with van der Waals surface area (Å²) in [5.41, 5.74) is 0.152. The molecule has 0 spiro atoms. The molecule has 1 atom stereocenters. The molecule has 0 fully saturated rings. The minimum absolute atomic E-state index is 0.207. The van der Waals surface area contributed by atoms with Crippen LogP contribution < -0.4 is 0 Å². The van der Waals surface area contributed by atoms with Crippen LogP contribution in [-0.2, 0) is 14.3 Å². The second-order valence-electron chi connectivity index (χ2n) is 6.78. The summed E-state index contributed by atoms with van der Waals surface area (Å²) in [7, 11) is 0. The molecule has 0 aromatic rings. The first-order chi connectivity index (χ1) is 10.00. The molecule has 0 radical (unpaired) electrons. The van der Waals surface area contributed by atoms with Crippen molar-refractivity contribution in [2.45, 2.75) is 68.2 Å². The minimum atomic E-state index is -0.672. The molecule has 0 aliphatic heterocycles. The highest BCUT2D eigenvalue weighted by Crippen LogP contribution is 2.29. The molecule has 0 rings (SSSR count). The fraction of sp³-hybridized carbons (Fsp3) is 0.778. The van der Waals surface area contributed by atoms with Gasteiger partial charge in [-0.25, -0.2) is 4.79 Å². The summed E-state index contributed by atoms with van der Waals surface area (Å²) < 4.78 is 4.95. The Bertz CT molecular complexity index is 369. The number of rotatable bonds is 7. The average Bonchev–Trinajstić information content (AvgIpc) is 2.43. The Hall–Kier alpha value is -1.32.